The van der Waals surface area contributed by atoms with E-state index in [4.69, 9.17) is 17.0 Å². The molecule has 0 aliphatic heterocycles. The minimum atomic E-state index is -0.248. The van der Waals surface area contributed by atoms with Gasteiger partial charge in [0.25, 0.3) is 0 Å². The van der Waals surface area contributed by atoms with Gasteiger partial charge in [-0.25, -0.2) is 4.39 Å². The summed E-state index contributed by atoms with van der Waals surface area (Å²) >= 11 is 5.33. The van der Waals surface area contributed by atoms with Crippen molar-refractivity contribution in [3.63, 3.8) is 0 Å². The normalized spacial score (nSPS) is 11.6. The van der Waals surface area contributed by atoms with Gasteiger partial charge in [0.2, 0.25) is 0 Å². The molecule has 0 fully saturated rings. The van der Waals surface area contributed by atoms with Gasteiger partial charge in [0, 0.05) is 0 Å². The molecule has 0 amide bonds. The Kier molecular flexibility index (Phi) is 5.72. The van der Waals surface area contributed by atoms with E-state index in [0.717, 1.165) is 17.0 Å². The van der Waals surface area contributed by atoms with E-state index in [1.807, 2.05) is 38.1 Å². The second kappa shape index (κ2) is 7.75. The summed E-state index contributed by atoms with van der Waals surface area (Å²) in [5.41, 5.74) is 1.77. The van der Waals surface area contributed by atoms with Gasteiger partial charge in [-0.15, -0.1) is 0 Å². The first kappa shape index (κ1) is 16.2. The number of ether oxygens (including phenoxy) is 1. The first-order valence-electron chi connectivity index (χ1n) is 7.15. The molecule has 116 valence electrons. The highest BCUT2D eigenvalue weighted by molar-refractivity contribution is 7.80. The van der Waals surface area contributed by atoms with Crippen LogP contribution in [0.4, 0.5) is 10.1 Å². The second-order valence-corrected chi connectivity index (χ2v) is 5.21. The average molecular weight is 318 g/mol. The maximum absolute atomic E-state index is 12.9. The quantitative estimate of drug-likeness (QED) is 0.807. The van der Waals surface area contributed by atoms with Crippen molar-refractivity contribution in [2.24, 2.45) is 0 Å². The molecule has 0 unspecified atom stereocenters. The molecule has 1 atom stereocenters. The molecule has 22 heavy (non-hydrogen) atoms. The lowest BCUT2D eigenvalue weighted by Crippen LogP contribution is -2.31. The summed E-state index contributed by atoms with van der Waals surface area (Å²) in [6, 6.07) is 13.9. The zero-order valence-corrected chi connectivity index (χ0v) is 13.4. The van der Waals surface area contributed by atoms with Gasteiger partial charge in [0.15, 0.2) is 5.11 Å². The number of rotatable bonds is 5. The fourth-order valence-electron chi connectivity index (χ4n) is 2.04. The Hall–Kier alpha value is -2.14. The molecular weight excluding hydrogens is 299 g/mol. The summed E-state index contributed by atoms with van der Waals surface area (Å²) in [6.45, 7) is 4.49. The lowest BCUT2D eigenvalue weighted by atomic mass is 10.1. The number of thiocarbonyl (C=S) groups is 1. The summed E-state index contributed by atoms with van der Waals surface area (Å²) in [5, 5.41) is 6.79. The van der Waals surface area contributed by atoms with Crippen molar-refractivity contribution in [2.45, 2.75) is 19.9 Å². The Morgan fingerprint density at radius 2 is 1.86 bits per heavy atom. The molecule has 0 aliphatic rings. The number of anilines is 1. The SMILES string of the molecule is CCOc1ccccc1NC(=S)N[C@@H](C)c1ccc(F)cc1. The maximum atomic E-state index is 12.9. The van der Waals surface area contributed by atoms with Gasteiger partial charge >= 0.3 is 0 Å². The molecule has 0 radical (unpaired) electrons. The number of halogens is 1. The zero-order chi connectivity index (χ0) is 15.9. The largest absolute Gasteiger partial charge is 0.492 e. The predicted octanol–water partition coefficient (Wildman–Crippen LogP) is 4.27. The van der Waals surface area contributed by atoms with E-state index in [-0.39, 0.29) is 11.9 Å². The number of hydrogen-bond acceptors (Lipinski definition) is 2. The molecule has 0 spiro atoms. The molecule has 2 N–H and O–H groups in total. The fraction of sp³-hybridized carbons (Fsp3) is 0.235. The lowest BCUT2D eigenvalue weighted by molar-refractivity contribution is 0.342. The average Bonchev–Trinajstić information content (AvgIpc) is 2.50. The summed E-state index contributed by atoms with van der Waals surface area (Å²) in [7, 11) is 0. The van der Waals surface area contributed by atoms with Crippen molar-refractivity contribution in [1.82, 2.24) is 5.32 Å². The highest BCUT2D eigenvalue weighted by atomic mass is 32.1. The molecule has 2 aromatic carbocycles. The van der Waals surface area contributed by atoms with Crippen molar-refractivity contribution >= 4 is 23.0 Å². The van der Waals surface area contributed by atoms with Crippen molar-refractivity contribution in [3.8, 4) is 5.75 Å². The van der Waals surface area contributed by atoms with Gasteiger partial charge in [-0.1, -0.05) is 24.3 Å². The molecule has 0 heterocycles. The van der Waals surface area contributed by atoms with Crippen LogP contribution in [-0.2, 0) is 0 Å². The van der Waals surface area contributed by atoms with Gasteiger partial charge in [-0.05, 0) is 55.9 Å². The third kappa shape index (κ3) is 4.43. The van der Waals surface area contributed by atoms with Gasteiger partial charge < -0.3 is 15.4 Å². The van der Waals surface area contributed by atoms with E-state index in [1.165, 1.54) is 12.1 Å². The molecule has 0 aromatic heterocycles. The first-order chi connectivity index (χ1) is 10.6. The van der Waals surface area contributed by atoms with E-state index in [9.17, 15) is 4.39 Å². The lowest BCUT2D eigenvalue weighted by Gasteiger charge is -2.18. The van der Waals surface area contributed by atoms with Crippen molar-refractivity contribution in [1.29, 1.82) is 0 Å². The topological polar surface area (TPSA) is 33.3 Å². The van der Waals surface area contributed by atoms with Crippen LogP contribution in [0.15, 0.2) is 48.5 Å². The van der Waals surface area contributed by atoms with E-state index >= 15 is 0 Å². The summed E-state index contributed by atoms with van der Waals surface area (Å²) in [6.07, 6.45) is 0. The molecular formula is C17H19FN2OS. The minimum Gasteiger partial charge on any atom is -0.492 e. The van der Waals surface area contributed by atoms with Crippen molar-refractivity contribution in [2.75, 3.05) is 11.9 Å². The van der Waals surface area contributed by atoms with Gasteiger partial charge in [0.05, 0.1) is 18.3 Å². The van der Waals surface area contributed by atoms with Gasteiger partial charge in [-0.3, -0.25) is 0 Å². The van der Waals surface area contributed by atoms with E-state index in [0.29, 0.717) is 11.7 Å². The highest BCUT2D eigenvalue weighted by Gasteiger charge is 2.09. The molecule has 0 saturated heterocycles. The standard InChI is InChI=1S/C17H19FN2OS/c1-3-21-16-7-5-4-6-15(16)20-17(22)19-12(2)13-8-10-14(18)11-9-13/h4-12H,3H2,1-2H3,(H2,19,20,22)/t12-/m0/s1. The molecule has 0 aliphatic carbocycles. The fourth-order valence-corrected chi connectivity index (χ4v) is 2.33. The monoisotopic (exact) mass is 318 g/mol. The van der Waals surface area contributed by atoms with Crippen molar-refractivity contribution < 1.29 is 9.13 Å². The smallest absolute Gasteiger partial charge is 0.171 e. The van der Waals surface area contributed by atoms with E-state index < -0.39 is 0 Å². The molecule has 2 aromatic rings. The van der Waals surface area contributed by atoms with Crippen LogP contribution in [0.2, 0.25) is 0 Å². The summed E-state index contributed by atoms with van der Waals surface area (Å²) in [5.74, 6) is 0.505. The summed E-state index contributed by atoms with van der Waals surface area (Å²) in [4.78, 5) is 0. The first-order valence-corrected chi connectivity index (χ1v) is 7.55. The van der Waals surface area contributed by atoms with Gasteiger partial charge in [0.1, 0.15) is 11.6 Å². The molecule has 2 rings (SSSR count). The second-order valence-electron chi connectivity index (χ2n) is 4.80. The van der Waals surface area contributed by atoms with Crippen LogP contribution < -0.4 is 15.4 Å². The molecule has 0 bridgehead atoms. The minimum absolute atomic E-state index is 0.0279. The van der Waals surface area contributed by atoms with Crippen LogP contribution in [-0.4, -0.2) is 11.7 Å². The number of nitrogens with one attached hydrogen (secondary N) is 2. The summed E-state index contributed by atoms with van der Waals surface area (Å²) < 4.78 is 18.5. The van der Waals surface area contributed by atoms with Crippen LogP contribution in [0, 0.1) is 5.82 Å². The van der Waals surface area contributed by atoms with E-state index in [2.05, 4.69) is 10.6 Å². The predicted molar refractivity (Wildman–Crippen MR) is 91.8 cm³/mol. The Labute approximate surface area is 135 Å². The number of benzene rings is 2. The molecule has 3 nitrogen and oxygen atoms in total. The Morgan fingerprint density at radius 3 is 2.55 bits per heavy atom. The van der Waals surface area contributed by atoms with Crippen molar-refractivity contribution in [3.05, 3.63) is 59.9 Å². The van der Waals surface area contributed by atoms with Crippen LogP contribution >= 0.6 is 12.2 Å². The highest BCUT2D eigenvalue weighted by Crippen LogP contribution is 2.23. The maximum Gasteiger partial charge on any atom is 0.171 e. The Balaban J connectivity index is 1.99. The Morgan fingerprint density at radius 1 is 1.18 bits per heavy atom. The third-order valence-electron chi connectivity index (χ3n) is 3.15. The zero-order valence-electron chi connectivity index (χ0n) is 12.6. The van der Waals surface area contributed by atoms with Crippen LogP contribution in [0.3, 0.4) is 0 Å². The molecule has 5 heteroatoms. The van der Waals surface area contributed by atoms with Crippen LogP contribution in [0.1, 0.15) is 25.5 Å². The van der Waals surface area contributed by atoms with Crippen LogP contribution in [0.5, 0.6) is 5.75 Å². The number of para-hydroxylation sites is 2. The number of hydrogen-bond donors (Lipinski definition) is 2. The Bertz CT molecular complexity index is 631. The third-order valence-corrected chi connectivity index (χ3v) is 3.37. The molecule has 0 saturated carbocycles. The van der Waals surface area contributed by atoms with Crippen LogP contribution in [0.25, 0.3) is 0 Å². The van der Waals surface area contributed by atoms with Gasteiger partial charge in [-0.2, -0.15) is 0 Å². The van der Waals surface area contributed by atoms with E-state index in [1.54, 1.807) is 12.1 Å².